The first-order chi connectivity index (χ1) is 0. The molecule has 0 aliphatic heterocycles. The van der Waals surface area contributed by atoms with Crippen LogP contribution in [0.5, 0.6) is 0 Å². The molecule has 0 heterocycles. The van der Waals surface area contributed by atoms with Gasteiger partial charge >= 0.3 is 112 Å². The molecule has 0 spiro atoms. The minimum atomic E-state index is 0. The quantitative estimate of drug-likeness (QED) is 0.396. The second kappa shape index (κ2) is 446. The van der Waals surface area contributed by atoms with E-state index in [-0.39, 0.29) is 162 Å². The van der Waals surface area contributed by atoms with Crippen molar-refractivity contribution in [2.75, 3.05) is 0 Å². The summed E-state index contributed by atoms with van der Waals surface area (Å²) >= 11 is 0. The van der Waals surface area contributed by atoms with Gasteiger partial charge in [0.25, 0.3) is 0 Å². The summed E-state index contributed by atoms with van der Waals surface area (Å²) in [4.78, 5) is 0. The Labute approximate surface area is 160 Å². The van der Waals surface area contributed by atoms with Crippen molar-refractivity contribution >= 4 is 0 Å². The molecule has 0 aliphatic carbocycles. The number of rotatable bonds is 0. The van der Waals surface area contributed by atoms with Crippen LogP contribution in [0.15, 0.2) is 0 Å². The molecule has 88 valence electrons. The Morgan fingerprint density at radius 1 is 0.267 bits per heavy atom. The molecule has 0 unspecified atom stereocenters. The van der Waals surface area contributed by atoms with Crippen molar-refractivity contribution in [1.82, 2.24) is 0 Å². The van der Waals surface area contributed by atoms with Gasteiger partial charge in [0, 0.05) is 0 Å². The SMILES string of the molecule is [Cr+3].[Cr+3].[Mn+2].[Mn+2].[O-2].[O-2].[O-2].[O-2].[O-2].[O-2].[O-2].[O-2].[O-2].[Ti+4].[Ti+4]. The zero-order valence-electron chi connectivity index (χ0n) is 6.25. The van der Waals surface area contributed by atoms with Gasteiger partial charge in [-0.05, 0) is 0 Å². The maximum absolute atomic E-state index is 0. The van der Waals surface area contributed by atoms with Crippen LogP contribution in [0, 0.1) is 0 Å². The first-order valence-electron chi connectivity index (χ1n) is 0. The molecule has 0 atom stereocenters. The van der Waals surface area contributed by atoms with Gasteiger partial charge in [-0.1, -0.05) is 0 Å². The molecule has 0 saturated heterocycles. The summed E-state index contributed by atoms with van der Waals surface area (Å²) in [6.45, 7) is 0. The van der Waals surface area contributed by atoms with Crippen LogP contribution in [-0.2, 0) is 162 Å². The van der Waals surface area contributed by atoms with Gasteiger partial charge in [-0.15, -0.1) is 0 Å². The van der Waals surface area contributed by atoms with Gasteiger partial charge < -0.3 is 49.3 Å². The van der Waals surface area contributed by atoms with Gasteiger partial charge in [-0.2, -0.15) is 0 Å². The zero-order valence-corrected chi connectivity index (χ0v) is 14.3. The number of hydrogen-bond donors (Lipinski definition) is 0. The fraction of sp³-hybridized carbons (Fsp3) is 0. The molecular formula is Cr2Mn2O9Ti2. The van der Waals surface area contributed by atoms with Crippen molar-refractivity contribution in [2.24, 2.45) is 0 Å². The van der Waals surface area contributed by atoms with Gasteiger partial charge in [0.05, 0.1) is 0 Å². The van der Waals surface area contributed by atoms with E-state index >= 15 is 0 Å². The zero-order chi connectivity index (χ0) is 0. The Morgan fingerprint density at radius 2 is 0.267 bits per heavy atom. The topological polar surface area (TPSA) is 256 Å². The predicted molar refractivity (Wildman–Crippen MR) is 6.18 cm³/mol. The van der Waals surface area contributed by atoms with Crippen LogP contribution in [0.1, 0.15) is 0 Å². The van der Waals surface area contributed by atoms with Gasteiger partial charge in [0.15, 0.2) is 0 Å². The van der Waals surface area contributed by atoms with E-state index in [2.05, 4.69) is 0 Å². The van der Waals surface area contributed by atoms with E-state index in [9.17, 15) is 0 Å². The Morgan fingerprint density at radius 3 is 0.267 bits per heavy atom. The molecule has 0 N–H and O–H groups in total. The van der Waals surface area contributed by atoms with Crippen molar-refractivity contribution in [3.8, 4) is 0 Å². The maximum Gasteiger partial charge on any atom is 4.00 e. The Bertz CT molecular complexity index is 24.1. The van der Waals surface area contributed by atoms with E-state index < -0.39 is 0 Å². The van der Waals surface area contributed by atoms with Crippen LogP contribution in [0.4, 0.5) is 0 Å². The van der Waals surface area contributed by atoms with Gasteiger partial charge in [-0.25, -0.2) is 0 Å². The molecular weight excluding hydrogens is 454 g/mol. The molecule has 0 fully saturated rings. The largest absolute Gasteiger partial charge is 4.00 e. The first-order valence-corrected chi connectivity index (χ1v) is 0. The second-order valence-electron chi connectivity index (χ2n) is 0. The van der Waals surface area contributed by atoms with Crippen LogP contribution in [-0.4, -0.2) is 0 Å². The Kier molecular flexibility index (Phi) is 15800. The third-order valence-corrected chi connectivity index (χ3v) is 0. The molecule has 0 aromatic carbocycles. The normalized spacial score (nSPS) is 0. The van der Waals surface area contributed by atoms with E-state index in [1.165, 1.54) is 0 Å². The summed E-state index contributed by atoms with van der Waals surface area (Å²) < 4.78 is 0. The molecule has 0 aromatic rings. The van der Waals surface area contributed by atoms with E-state index in [4.69, 9.17) is 0 Å². The molecule has 0 amide bonds. The molecule has 4 radical (unpaired) electrons. The summed E-state index contributed by atoms with van der Waals surface area (Å²) in [7, 11) is 0. The second-order valence-corrected chi connectivity index (χ2v) is 0. The minimum Gasteiger partial charge on any atom is -2.00 e. The Hall–Kier alpha value is 3.17. The van der Waals surface area contributed by atoms with E-state index in [0.29, 0.717) is 0 Å². The van der Waals surface area contributed by atoms with Crippen LogP contribution in [0.3, 0.4) is 0 Å². The Balaban J connectivity index is 0. The minimum absolute atomic E-state index is 0. The van der Waals surface area contributed by atoms with Crippen LogP contribution >= 0.6 is 0 Å². The summed E-state index contributed by atoms with van der Waals surface area (Å²) in [6, 6.07) is 0. The summed E-state index contributed by atoms with van der Waals surface area (Å²) in [6.07, 6.45) is 0. The third kappa shape index (κ3) is 393. The molecule has 0 aromatic heterocycles. The van der Waals surface area contributed by atoms with Crippen molar-refractivity contribution in [2.45, 2.75) is 0 Å². The van der Waals surface area contributed by atoms with Crippen molar-refractivity contribution in [3.63, 3.8) is 0 Å². The first kappa shape index (κ1) is 532. The smallest absolute Gasteiger partial charge is 2.00 e. The van der Waals surface area contributed by atoms with Crippen molar-refractivity contribution in [3.05, 3.63) is 0 Å². The molecule has 0 aliphatic rings. The summed E-state index contributed by atoms with van der Waals surface area (Å²) in [5.74, 6) is 0. The van der Waals surface area contributed by atoms with E-state index in [1.54, 1.807) is 0 Å². The van der Waals surface area contributed by atoms with Crippen LogP contribution in [0.2, 0.25) is 0 Å². The predicted octanol–water partition coefficient (Wildman–Crippen LogP) is -1.08. The molecule has 9 nitrogen and oxygen atoms in total. The summed E-state index contributed by atoms with van der Waals surface area (Å²) in [5.41, 5.74) is 0. The van der Waals surface area contributed by atoms with Crippen molar-refractivity contribution < 1.29 is 162 Å². The van der Waals surface area contributed by atoms with Gasteiger partial charge in [-0.3, -0.25) is 0 Å². The number of hydrogen-bond acceptors (Lipinski definition) is 0. The fourth-order valence-electron chi connectivity index (χ4n) is 0. The average Bonchev–Trinajstić information content (AvgIpc) is 0. The van der Waals surface area contributed by atoms with Crippen LogP contribution in [0.25, 0.3) is 0 Å². The summed E-state index contributed by atoms with van der Waals surface area (Å²) in [5, 5.41) is 0. The average molecular weight is 454 g/mol. The molecule has 15 heavy (non-hydrogen) atoms. The maximum atomic E-state index is 0. The third-order valence-electron chi connectivity index (χ3n) is 0. The van der Waals surface area contributed by atoms with Crippen LogP contribution < -0.4 is 0 Å². The van der Waals surface area contributed by atoms with E-state index in [0.717, 1.165) is 0 Å². The molecule has 0 rings (SSSR count). The van der Waals surface area contributed by atoms with E-state index in [1.807, 2.05) is 0 Å². The fourth-order valence-corrected chi connectivity index (χ4v) is 0. The molecule has 0 saturated carbocycles. The van der Waals surface area contributed by atoms with Gasteiger partial charge in [0.1, 0.15) is 0 Å². The molecule has 0 bridgehead atoms. The van der Waals surface area contributed by atoms with Gasteiger partial charge in [0.2, 0.25) is 0 Å². The van der Waals surface area contributed by atoms with Crippen molar-refractivity contribution in [1.29, 1.82) is 0 Å². The standard InChI is InChI=1S/2Cr.2Mn.9O.2Ti/q2*+3;2*+2;9*-2;2*+4. The molecule has 15 heteroatoms. The monoisotopic (exact) mass is 454 g/mol.